The number of hydrogen-bond acceptors (Lipinski definition) is 1. The van der Waals surface area contributed by atoms with Gasteiger partial charge in [0.05, 0.1) is 0 Å². The molecule has 0 heterocycles. The van der Waals surface area contributed by atoms with Gasteiger partial charge in [0, 0.05) is 0 Å². The molecule has 0 amide bonds. The summed E-state index contributed by atoms with van der Waals surface area (Å²) in [6, 6.07) is 0. The van der Waals surface area contributed by atoms with Crippen molar-refractivity contribution in [1.29, 1.82) is 0 Å². The topological polar surface area (TPSA) is 20.2 Å². The van der Waals surface area contributed by atoms with Crippen LogP contribution in [0.4, 0.5) is 8.78 Å². The minimum atomic E-state index is -1.19. The van der Waals surface area contributed by atoms with Gasteiger partial charge in [0.1, 0.15) is 13.7 Å². The molecule has 11 heavy (non-hydrogen) atoms. The molecule has 0 aliphatic heterocycles. The fourth-order valence-corrected chi connectivity index (χ4v) is 0.378. The van der Waals surface area contributed by atoms with Crippen molar-refractivity contribution in [1.82, 2.24) is 0 Å². The lowest BCUT2D eigenvalue weighted by molar-refractivity contribution is 0.362. The van der Waals surface area contributed by atoms with E-state index < -0.39 is 17.4 Å². The molecule has 0 rings (SSSR count). The van der Waals surface area contributed by atoms with Gasteiger partial charge in [-0.15, -0.1) is 0 Å². The zero-order chi connectivity index (χ0) is 9.02. The van der Waals surface area contributed by atoms with Gasteiger partial charge in [-0.25, -0.2) is 8.78 Å². The Morgan fingerprint density at radius 3 is 2.27 bits per heavy atom. The third-order valence-corrected chi connectivity index (χ3v) is 1.01. The molecule has 0 bridgehead atoms. The summed E-state index contributed by atoms with van der Waals surface area (Å²) in [4.78, 5) is 0. The van der Waals surface area contributed by atoms with E-state index >= 15 is 0 Å². The molecule has 2 radical (unpaired) electrons. The van der Waals surface area contributed by atoms with Gasteiger partial charge in [-0.2, -0.15) is 0 Å². The van der Waals surface area contributed by atoms with Crippen LogP contribution >= 0.6 is 0 Å². The Bertz CT molecular complexity index is 227. The first-order chi connectivity index (χ1) is 5.00. The third kappa shape index (κ3) is 2.57. The van der Waals surface area contributed by atoms with E-state index in [4.69, 9.17) is 13.0 Å². The Kier molecular flexibility index (Phi) is 3.58. The lowest BCUT2D eigenvalue weighted by Crippen LogP contribution is -1.89. The molecule has 0 saturated carbocycles. The number of halogens is 2. The molecule has 0 spiro atoms. The molecule has 0 saturated heterocycles. The highest BCUT2D eigenvalue weighted by Crippen LogP contribution is 2.16. The van der Waals surface area contributed by atoms with Crippen LogP contribution in [0.2, 0.25) is 0 Å². The minimum absolute atomic E-state index is 0.389. The van der Waals surface area contributed by atoms with Crippen molar-refractivity contribution in [2.75, 3.05) is 0 Å². The Morgan fingerprint density at radius 2 is 2.00 bits per heavy atom. The maximum absolute atomic E-state index is 12.6. The van der Waals surface area contributed by atoms with Crippen molar-refractivity contribution >= 4 is 7.85 Å². The predicted molar refractivity (Wildman–Crippen MR) is 40.5 cm³/mol. The first kappa shape index (κ1) is 9.94. The molecule has 0 aromatic carbocycles. The second-order valence-corrected chi connectivity index (χ2v) is 1.86. The lowest BCUT2D eigenvalue weighted by atomic mass is 9.94. The molecular formula is C7H7BF2O. The molecule has 4 heteroatoms. The third-order valence-electron chi connectivity index (χ3n) is 1.01. The van der Waals surface area contributed by atoms with Crippen LogP contribution in [0.5, 0.6) is 0 Å². The fraction of sp³-hybridized carbons (Fsp3) is 0.143. The number of allylic oxidation sites excluding steroid dienone is 4. The van der Waals surface area contributed by atoms with Gasteiger partial charge >= 0.3 is 0 Å². The molecule has 1 N–H and O–H groups in total. The standard InChI is InChI=1S/C7H7BF2O/c1-3-5(8)6(10)7(11)4(2)9/h3,11H,1H2,2H3/b6-5-,7-4-. The summed E-state index contributed by atoms with van der Waals surface area (Å²) in [5, 5.41) is 8.64. The van der Waals surface area contributed by atoms with E-state index in [1.165, 1.54) is 0 Å². The summed E-state index contributed by atoms with van der Waals surface area (Å²) >= 11 is 0. The Morgan fingerprint density at radius 1 is 1.55 bits per heavy atom. The van der Waals surface area contributed by atoms with E-state index in [1.54, 1.807) is 0 Å². The van der Waals surface area contributed by atoms with Gasteiger partial charge in [-0.3, -0.25) is 0 Å². The summed E-state index contributed by atoms with van der Waals surface area (Å²) in [6.07, 6.45) is 0.981. The van der Waals surface area contributed by atoms with Gasteiger partial charge in [0.2, 0.25) is 0 Å². The first-order valence-electron chi connectivity index (χ1n) is 2.84. The Balaban J connectivity index is 4.90. The molecule has 0 atom stereocenters. The Labute approximate surface area is 65.1 Å². The van der Waals surface area contributed by atoms with Crippen molar-refractivity contribution in [2.24, 2.45) is 0 Å². The summed E-state index contributed by atoms with van der Waals surface area (Å²) < 4.78 is 24.7. The summed E-state index contributed by atoms with van der Waals surface area (Å²) in [7, 11) is 4.98. The van der Waals surface area contributed by atoms with E-state index in [0.717, 1.165) is 13.0 Å². The largest absolute Gasteiger partial charge is 0.503 e. The van der Waals surface area contributed by atoms with Gasteiger partial charge in [-0.05, 0) is 6.92 Å². The van der Waals surface area contributed by atoms with Crippen LogP contribution in [0.25, 0.3) is 0 Å². The Hall–Kier alpha value is -1.06. The van der Waals surface area contributed by atoms with Gasteiger partial charge in [-0.1, -0.05) is 18.1 Å². The summed E-state index contributed by atoms with van der Waals surface area (Å²) in [6.45, 7) is 4.07. The van der Waals surface area contributed by atoms with Crippen LogP contribution in [0.15, 0.2) is 35.5 Å². The van der Waals surface area contributed by atoms with Crippen molar-refractivity contribution < 1.29 is 13.9 Å². The highest BCUT2D eigenvalue weighted by Gasteiger charge is 2.07. The predicted octanol–water partition coefficient (Wildman–Crippen LogP) is 2.28. The monoisotopic (exact) mass is 156 g/mol. The molecule has 1 nitrogen and oxygen atoms in total. The molecule has 0 aliphatic rings. The average molecular weight is 156 g/mol. The second kappa shape index (κ2) is 3.96. The molecular weight excluding hydrogens is 149 g/mol. The zero-order valence-electron chi connectivity index (χ0n) is 6.06. The molecule has 0 fully saturated rings. The SMILES string of the molecule is [B]/C(C=C)=C(F)/C(O)=C(\C)F. The van der Waals surface area contributed by atoms with E-state index in [2.05, 4.69) is 6.58 Å². The van der Waals surface area contributed by atoms with Gasteiger partial charge in [0.25, 0.3) is 0 Å². The van der Waals surface area contributed by atoms with Crippen LogP contribution in [0.1, 0.15) is 6.92 Å². The minimum Gasteiger partial charge on any atom is -0.503 e. The molecule has 0 aromatic heterocycles. The maximum atomic E-state index is 12.6. The fourth-order valence-electron chi connectivity index (χ4n) is 0.378. The number of aliphatic hydroxyl groups is 1. The molecule has 0 aromatic rings. The first-order valence-corrected chi connectivity index (χ1v) is 2.84. The average Bonchev–Trinajstić information content (AvgIpc) is 2.00. The van der Waals surface area contributed by atoms with Crippen LogP contribution in [0.3, 0.4) is 0 Å². The highest BCUT2D eigenvalue weighted by atomic mass is 19.1. The molecule has 0 unspecified atom stereocenters. The normalized spacial score (nSPS) is 15.2. The lowest BCUT2D eigenvalue weighted by Gasteiger charge is -1.98. The smallest absolute Gasteiger partial charge is 0.182 e. The van der Waals surface area contributed by atoms with Gasteiger partial charge < -0.3 is 5.11 Å². The summed E-state index contributed by atoms with van der Waals surface area (Å²) in [5.41, 5.74) is -0.389. The van der Waals surface area contributed by atoms with Crippen molar-refractivity contribution in [3.8, 4) is 0 Å². The zero-order valence-corrected chi connectivity index (χ0v) is 6.06. The quantitative estimate of drug-likeness (QED) is 0.369. The highest BCUT2D eigenvalue weighted by molar-refractivity contribution is 6.23. The second-order valence-electron chi connectivity index (χ2n) is 1.86. The number of aliphatic hydroxyl groups excluding tert-OH is 1. The van der Waals surface area contributed by atoms with Crippen molar-refractivity contribution in [2.45, 2.75) is 6.92 Å². The molecule has 58 valence electrons. The van der Waals surface area contributed by atoms with E-state index in [-0.39, 0.29) is 5.47 Å². The van der Waals surface area contributed by atoms with Crippen LogP contribution < -0.4 is 0 Å². The van der Waals surface area contributed by atoms with E-state index in [1.807, 2.05) is 0 Å². The van der Waals surface area contributed by atoms with Crippen molar-refractivity contribution in [3.63, 3.8) is 0 Å². The van der Waals surface area contributed by atoms with Crippen LogP contribution in [-0.4, -0.2) is 13.0 Å². The number of hydrogen-bond donors (Lipinski definition) is 1. The number of rotatable bonds is 2. The van der Waals surface area contributed by atoms with E-state index in [9.17, 15) is 8.78 Å². The van der Waals surface area contributed by atoms with Crippen LogP contribution in [0, 0.1) is 0 Å². The molecule has 0 aliphatic carbocycles. The van der Waals surface area contributed by atoms with Crippen molar-refractivity contribution in [3.05, 3.63) is 35.5 Å². The van der Waals surface area contributed by atoms with E-state index in [0.29, 0.717) is 0 Å². The van der Waals surface area contributed by atoms with Gasteiger partial charge in [0.15, 0.2) is 11.6 Å². The summed E-state index contributed by atoms with van der Waals surface area (Å²) in [5.74, 6) is -3.30. The maximum Gasteiger partial charge on any atom is 0.182 e. The van der Waals surface area contributed by atoms with Crippen LogP contribution in [-0.2, 0) is 0 Å².